The van der Waals surface area contributed by atoms with Crippen LogP contribution in [-0.2, 0) is 6.42 Å². The fourth-order valence-corrected chi connectivity index (χ4v) is 6.33. The van der Waals surface area contributed by atoms with Crippen molar-refractivity contribution in [2.24, 2.45) is 0 Å². The fourth-order valence-electron chi connectivity index (χ4n) is 5.06. The van der Waals surface area contributed by atoms with E-state index in [2.05, 4.69) is 84.9 Å². The van der Waals surface area contributed by atoms with Crippen LogP contribution in [0.15, 0.2) is 84.9 Å². The molecule has 1 aromatic heterocycles. The van der Waals surface area contributed by atoms with Gasteiger partial charge in [-0.1, -0.05) is 72.8 Å². The second kappa shape index (κ2) is 5.21. The van der Waals surface area contributed by atoms with Gasteiger partial charge in [0.25, 0.3) is 0 Å². The second-order valence-corrected chi connectivity index (χ2v) is 8.79. The minimum atomic E-state index is 1.03. The Morgan fingerprint density at radius 2 is 1.32 bits per heavy atom. The maximum absolute atomic E-state index is 2.41. The number of fused-ring (bicyclic) bond motifs is 11. The van der Waals surface area contributed by atoms with Crippen molar-refractivity contribution in [1.29, 1.82) is 0 Å². The summed E-state index contributed by atoms with van der Waals surface area (Å²) in [4.78, 5) is 0. The van der Waals surface area contributed by atoms with Gasteiger partial charge in [0.1, 0.15) is 0 Å². The molecule has 1 heterocycles. The van der Waals surface area contributed by atoms with Gasteiger partial charge in [-0.15, -0.1) is 11.3 Å². The largest absolute Gasteiger partial charge is 0.135 e. The van der Waals surface area contributed by atoms with E-state index in [4.69, 9.17) is 0 Å². The second-order valence-electron chi connectivity index (χ2n) is 7.73. The number of hydrogen-bond acceptors (Lipinski definition) is 1. The lowest BCUT2D eigenvalue weighted by atomic mass is 9.93. The van der Waals surface area contributed by atoms with Crippen LogP contribution in [0.5, 0.6) is 0 Å². The summed E-state index contributed by atoms with van der Waals surface area (Å²) in [5.41, 5.74) is 5.84. The van der Waals surface area contributed by atoms with Crippen LogP contribution in [0.2, 0.25) is 0 Å². The summed E-state index contributed by atoms with van der Waals surface area (Å²) >= 11 is 1.94. The molecule has 0 saturated carbocycles. The Balaban J connectivity index is 1.73. The van der Waals surface area contributed by atoms with Gasteiger partial charge in [-0.05, 0) is 57.0 Å². The Kier molecular flexibility index (Phi) is 2.76. The third-order valence-corrected chi connectivity index (χ3v) is 7.45. The van der Waals surface area contributed by atoms with Crippen molar-refractivity contribution < 1.29 is 0 Å². The van der Waals surface area contributed by atoms with E-state index in [1.165, 1.54) is 64.0 Å². The van der Waals surface area contributed by atoms with Crippen LogP contribution in [0.1, 0.15) is 11.1 Å². The summed E-state index contributed by atoms with van der Waals surface area (Å²) in [6.45, 7) is 0. The van der Waals surface area contributed by atoms with Crippen molar-refractivity contribution in [3.8, 4) is 11.1 Å². The predicted molar refractivity (Wildman–Crippen MR) is 123 cm³/mol. The Morgan fingerprint density at radius 3 is 2.18 bits per heavy atom. The van der Waals surface area contributed by atoms with Crippen molar-refractivity contribution >= 4 is 53.1 Å². The molecule has 0 radical (unpaired) electrons. The van der Waals surface area contributed by atoms with Crippen molar-refractivity contribution in [2.45, 2.75) is 6.42 Å². The van der Waals surface area contributed by atoms with Crippen molar-refractivity contribution in [2.75, 3.05) is 0 Å². The minimum Gasteiger partial charge on any atom is -0.135 e. The van der Waals surface area contributed by atoms with Crippen LogP contribution < -0.4 is 0 Å². The first kappa shape index (κ1) is 14.8. The summed E-state index contributed by atoms with van der Waals surface area (Å²) in [6.07, 6.45) is 1.03. The molecule has 0 spiro atoms. The molecule has 0 bridgehead atoms. The van der Waals surface area contributed by atoms with E-state index in [1.807, 2.05) is 11.3 Å². The lowest BCUT2D eigenvalue weighted by molar-refractivity contribution is 1.30. The Labute approximate surface area is 166 Å². The molecule has 130 valence electrons. The number of thiophene rings is 1. The van der Waals surface area contributed by atoms with Gasteiger partial charge in [0.15, 0.2) is 0 Å². The van der Waals surface area contributed by atoms with Crippen molar-refractivity contribution in [1.82, 2.24) is 0 Å². The van der Waals surface area contributed by atoms with Crippen molar-refractivity contribution in [3.63, 3.8) is 0 Å². The fraction of sp³-hybridized carbons (Fsp3) is 0.0370. The zero-order chi connectivity index (χ0) is 18.2. The maximum Gasteiger partial charge on any atom is 0.0437 e. The number of hydrogen-bond donors (Lipinski definition) is 0. The van der Waals surface area contributed by atoms with E-state index in [9.17, 15) is 0 Å². The third kappa shape index (κ3) is 1.80. The molecule has 0 amide bonds. The van der Waals surface area contributed by atoms with Crippen molar-refractivity contribution in [3.05, 3.63) is 96.1 Å². The van der Waals surface area contributed by atoms with Gasteiger partial charge < -0.3 is 0 Å². The van der Waals surface area contributed by atoms with Gasteiger partial charge in [-0.3, -0.25) is 0 Å². The lowest BCUT2D eigenvalue weighted by Gasteiger charge is -2.10. The molecular formula is C27H16S. The van der Waals surface area contributed by atoms with E-state index in [-0.39, 0.29) is 0 Å². The summed E-state index contributed by atoms with van der Waals surface area (Å²) in [7, 11) is 0. The molecule has 0 unspecified atom stereocenters. The smallest absolute Gasteiger partial charge is 0.0437 e. The quantitative estimate of drug-likeness (QED) is 0.253. The van der Waals surface area contributed by atoms with Crippen LogP contribution in [0, 0.1) is 0 Å². The van der Waals surface area contributed by atoms with Crippen LogP contribution in [-0.4, -0.2) is 0 Å². The molecule has 0 atom stereocenters. The van der Waals surface area contributed by atoms with Gasteiger partial charge in [0, 0.05) is 25.6 Å². The van der Waals surface area contributed by atoms with E-state index < -0.39 is 0 Å². The standard InChI is InChI=1S/C27H16S/c1-2-8-17-14-22-18(13-16(17)7-1)15-23-25(22)19-9-3-4-10-20(19)27-26(23)21-11-5-6-12-24(21)28-27/h1-14H,15H2. The summed E-state index contributed by atoms with van der Waals surface area (Å²) in [5, 5.41) is 8.32. The molecule has 1 aliphatic carbocycles. The summed E-state index contributed by atoms with van der Waals surface area (Å²) in [5.74, 6) is 0. The van der Waals surface area contributed by atoms with Gasteiger partial charge in [-0.2, -0.15) is 0 Å². The van der Waals surface area contributed by atoms with Crippen LogP contribution >= 0.6 is 11.3 Å². The first-order valence-corrected chi connectivity index (χ1v) is 10.6. The van der Waals surface area contributed by atoms with E-state index in [1.54, 1.807) is 0 Å². The summed E-state index contributed by atoms with van der Waals surface area (Å²) < 4.78 is 2.82. The first-order valence-electron chi connectivity index (χ1n) is 9.75. The molecule has 0 saturated heterocycles. The summed E-state index contributed by atoms with van der Waals surface area (Å²) in [6, 6.07) is 31.4. The maximum atomic E-state index is 2.41. The monoisotopic (exact) mass is 372 g/mol. The van der Waals surface area contributed by atoms with Gasteiger partial charge in [0.05, 0.1) is 0 Å². The zero-order valence-electron chi connectivity index (χ0n) is 15.2. The molecule has 6 aromatic rings. The molecule has 0 fully saturated rings. The Bertz CT molecular complexity index is 1580. The SMILES string of the molecule is c1ccc2cc3c(cc2c1)Cc1c-3c2ccccc2c2sc3ccccc3c12. The molecular weight excluding hydrogens is 356 g/mol. The molecule has 1 aliphatic rings. The highest BCUT2D eigenvalue weighted by Gasteiger charge is 2.26. The number of benzene rings is 5. The Morgan fingerprint density at radius 1 is 0.643 bits per heavy atom. The van der Waals surface area contributed by atoms with Crippen LogP contribution in [0.25, 0.3) is 52.8 Å². The molecule has 0 N–H and O–H groups in total. The highest BCUT2D eigenvalue weighted by Crippen LogP contribution is 2.50. The van der Waals surface area contributed by atoms with E-state index in [0.29, 0.717) is 0 Å². The highest BCUT2D eigenvalue weighted by atomic mass is 32.1. The topological polar surface area (TPSA) is 0 Å². The molecule has 1 heteroatoms. The van der Waals surface area contributed by atoms with Crippen LogP contribution in [0.3, 0.4) is 0 Å². The van der Waals surface area contributed by atoms with E-state index in [0.717, 1.165) is 6.42 Å². The van der Waals surface area contributed by atoms with Crippen LogP contribution in [0.4, 0.5) is 0 Å². The molecule has 0 nitrogen and oxygen atoms in total. The number of rotatable bonds is 0. The minimum absolute atomic E-state index is 1.03. The molecule has 5 aromatic carbocycles. The van der Waals surface area contributed by atoms with Gasteiger partial charge >= 0.3 is 0 Å². The normalized spacial score (nSPS) is 12.9. The molecule has 7 rings (SSSR count). The highest BCUT2D eigenvalue weighted by molar-refractivity contribution is 7.26. The molecule has 0 aliphatic heterocycles. The third-order valence-electron chi connectivity index (χ3n) is 6.25. The van der Waals surface area contributed by atoms with Gasteiger partial charge in [0.2, 0.25) is 0 Å². The predicted octanol–water partition coefficient (Wildman–Crippen LogP) is 7.93. The average molecular weight is 372 g/mol. The van der Waals surface area contributed by atoms with Gasteiger partial charge in [-0.25, -0.2) is 0 Å². The van der Waals surface area contributed by atoms with E-state index >= 15 is 0 Å². The first-order chi connectivity index (χ1) is 13.9. The Hall–Kier alpha value is -3.16. The average Bonchev–Trinajstić information content (AvgIpc) is 3.30. The zero-order valence-corrected chi connectivity index (χ0v) is 16.0. The lowest BCUT2D eigenvalue weighted by Crippen LogP contribution is -1.85. The molecule has 28 heavy (non-hydrogen) atoms.